The number of rotatable bonds is 7. The van der Waals surface area contributed by atoms with Gasteiger partial charge in [0.1, 0.15) is 16.0 Å². The lowest BCUT2D eigenvalue weighted by Crippen LogP contribution is -2.41. The minimum Gasteiger partial charge on any atom is -0.357 e. The Morgan fingerprint density at radius 2 is 2.44 bits per heavy atom. The topological polar surface area (TPSA) is 80.0 Å². The van der Waals surface area contributed by atoms with Crippen LogP contribution in [-0.2, 0) is 6.54 Å². The molecule has 25 heavy (non-hydrogen) atoms. The van der Waals surface area contributed by atoms with Crippen LogP contribution < -0.4 is 10.6 Å². The van der Waals surface area contributed by atoms with Crippen molar-refractivity contribution in [2.75, 3.05) is 18.8 Å². The molecular weight excluding hydrogens is 354 g/mol. The van der Waals surface area contributed by atoms with Crippen molar-refractivity contribution in [3.05, 3.63) is 23.2 Å². The fourth-order valence-electron chi connectivity index (χ4n) is 2.79. The molecule has 0 spiro atoms. The number of aromatic nitrogens is 4. The van der Waals surface area contributed by atoms with Gasteiger partial charge in [0, 0.05) is 37.0 Å². The van der Waals surface area contributed by atoms with E-state index >= 15 is 0 Å². The van der Waals surface area contributed by atoms with Gasteiger partial charge >= 0.3 is 0 Å². The van der Waals surface area contributed by atoms with Crippen molar-refractivity contribution < 1.29 is 0 Å². The summed E-state index contributed by atoms with van der Waals surface area (Å²) in [7, 11) is 0. The van der Waals surface area contributed by atoms with Crippen LogP contribution in [-0.4, -0.2) is 44.6 Å². The molecule has 3 rings (SSSR count). The number of fused-ring (bicyclic) bond motifs is 1. The van der Waals surface area contributed by atoms with Gasteiger partial charge in [0.15, 0.2) is 5.96 Å². The number of thiazole rings is 1. The van der Waals surface area contributed by atoms with Crippen molar-refractivity contribution in [1.29, 1.82) is 0 Å². The monoisotopic (exact) mass is 379 g/mol. The Labute approximate surface area is 156 Å². The van der Waals surface area contributed by atoms with Crippen LogP contribution in [0.25, 0.3) is 0 Å². The molecule has 7 nitrogen and oxygen atoms in total. The summed E-state index contributed by atoms with van der Waals surface area (Å²) in [6.07, 6.45) is 5.05. The van der Waals surface area contributed by atoms with Crippen LogP contribution in [0.2, 0.25) is 0 Å². The highest BCUT2D eigenvalue weighted by molar-refractivity contribution is 8.00. The fourth-order valence-corrected chi connectivity index (χ4v) is 4.42. The highest BCUT2D eigenvalue weighted by atomic mass is 32.2. The zero-order valence-electron chi connectivity index (χ0n) is 14.7. The molecule has 0 saturated carbocycles. The molecule has 1 aliphatic heterocycles. The minimum absolute atomic E-state index is 0.178. The summed E-state index contributed by atoms with van der Waals surface area (Å²) in [5, 5.41) is 13.3. The second-order valence-corrected chi connectivity index (χ2v) is 8.08. The molecule has 9 heteroatoms. The lowest BCUT2D eigenvalue weighted by atomic mass is 10.1. The zero-order valence-corrected chi connectivity index (χ0v) is 16.4. The van der Waals surface area contributed by atoms with Crippen LogP contribution in [0, 0.1) is 6.92 Å². The van der Waals surface area contributed by atoms with E-state index in [1.165, 1.54) is 0 Å². The number of nitrogens with zero attached hydrogens (tertiary/aromatic N) is 5. The number of aliphatic imine (C=N–C) groups is 1. The summed E-state index contributed by atoms with van der Waals surface area (Å²) in [5.74, 6) is 3.76. The number of nitrogens with one attached hydrogen (secondary N) is 2. The van der Waals surface area contributed by atoms with Crippen molar-refractivity contribution in [3.8, 4) is 0 Å². The highest BCUT2D eigenvalue weighted by Crippen LogP contribution is 2.23. The van der Waals surface area contributed by atoms with E-state index in [2.05, 4.69) is 32.6 Å². The SMILES string of the molecule is CCNC(=NCCCSc1nccs1)NC1CCCn2nc(C)nc21. The summed E-state index contributed by atoms with van der Waals surface area (Å²) in [5.41, 5.74) is 0. The van der Waals surface area contributed by atoms with Crippen LogP contribution in [0.15, 0.2) is 20.9 Å². The van der Waals surface area contributed by atoms with Crippen molar-refractivity contribution >= 4 is 29.1 Å². The van der Waals surface area contributed by atoms with Crippen molar-refractivity contribution in [1.82, 2.24) is 30.4 Å². The van der Waals surface area contributed by atoms with E-state index in [1.807, 2.05) is 23.2 Å². The predicted octanol–water partition coefficient (Wildman–Crippen LogP) is 2.62. The molecule has 1 aliphatic rings. The molecule has 2 aromatic rings. The van der Waals surface area contributed by atoms with Crippen LogP contribution in [0.4, 0.5) is 0 Å². The Morgan fingerprint density at radius 1 is 1.52 bits per heavy atom. The fraction of sp³-hybridized carbons (Fsp3) is 0.625. The molecule has 2 aromatic heterocycles. The van der Waals surface area contributed by atoms with Gasteiger partial charge in [-0.2, -0.15) is 5.10 Å². The van der Waals surface area contributed by atoms with Gasteiger partial charge in [0.2, 0.25) is 0 Å². The number of aryl methyl sites for hydroxylation is 2. The standard InChI is InChI=1S/C16H25N7S2/c1-3-17-15(18-7-5-10-24-16-19-8-11-25-16)21-13-6-4-9-23-14(13)20-12(2)22-23/h8,11,13H,3-7,9-10H2,1-2H3,(H2,17,18,21). The van der Waals surface area contributed by atoms with Crippen LogP contribution in [0.5, 0.6) is 0 Å². The van der Waals surface area contributed by atoms with Gasteiger partial charge < -0.3 is 10.6 Å². The lowest BCUT2D eigenvalue weighted by Gasteiger charge is -2.25. The molecule has 0 aliphatic carbocycles. The third kappa shape index (κ3) is 5.18. The molecule has 3 heterocycles. The molecular formula is C16H25N7S2. The maximum Gasteiger partial charge on any atom is 0.191 e. The smallest absolute Gasteiger partial charge is 0.191 e. The Morgan fingerprint density at radius 3 is 3.24 bits per heavy atom. The van der Waals surface area contributed by atoms with Gasteiger partial charge in [0.05, 0.1) is 6.04 Å². The Balaban J connectivity index is 1.52. The summed E-state index contributed by atoms with van der Waals surface area (Å²) in [6, 6.07) is 0.178. The van der Waals surface area contributed by atoms with Gasteiger partial charge in [-0.05, 0) is 33.1 Å². The Hall–Kier alpha value is -1.61. The first kappa shape index (κ1) is 18.2. The third-order valence-electron chi connectivity index (χ3n) is 3.84. The Kier molecular flexibility index (Phi) is 6.69. The van der Waals surface area contributed by atoms with Gasteiger partial charge in [0.25, 0.3) is 0 Å². The summed E-state index contributed by atoms with van der Waals surface area (Å²) < 4.78 is 3.15. The quantitative estimate of drug-likeness (QED) is 0.333. The van der Waals surface area contributed by atoms with E-state index in [4.69, 9.17) is 4.99 Å². The second-order valence-electron chi connectivity index (χ2n) is 5.84. The summed E-state index contributed by atoms with van der Waals surface area (Å²) >= 11 is 3.49. The first-order valence-electron chi connectivity index (χ1n) is 8.74. The van der Waals surface area contributed by atoms with Crippen molar-refractivity contribution in [2.24, 2.45) is 4.99 Å². The molecule has 2 N–H and O–H groups in total. The minimum atomic E-state index is 0.178. The summed E-state index contributed by atoms with van der Waals surface area (Å²) in [4.78, 5) is 13.6. The second kappa shape index (κ2) is 9.19. The van der Waals surface area contributed by atoms with E-state index in [0.717, 1.165) is 66.6 Å². The molecule has 0 fully saturated rings. The molecule has 136 valence electrons. The van der Waals surface area contributed by atoms with Crippen LogP contribution in [0.1, 0.15) is 43.9 Å². The van der Waals surface area contributed by atoms with Crippen molar-refractivity contribution in [3.63, 3.8) is 0 Å². The molecule has 0 saturated heterocycles. The third-order valence-corrected chi connectivity index (χ3v) is 5.90. The molecule has 1 unspecified atom stereocenters. The van der Waals surface area contributed by atoms with Gasteiger partial charge in [-0.3, -0.25) is 4.99 Å². The van der Waals surface area contributed by atoms with E-state index < -0.39 is 0 Å². The van der Waals surface area contributed by atoms with Gasteiger partial charge in [-0.15, -0.1) is 11.3 Å². The Bertz CT molecular complexity index is 681. The maximum atomic E-state index is 4.71. The molecule has 0 aromatic carbocycles. The average molecular weight is 380 g/mol. The van der Waals surface area contributed by atoms with E-state index in [1.54, 1.807) is 23.1 Å². The highest BCUT2D eigenvalue weighted by Gasteiger charge is 2.24. The predicted molar refractivity (Wildman–Crippen MR) is 103 cm³/mol. The van der Waals surface area contributed by atoms with Crippen LogP contribution in [0.3, 0.4) is 0 Å². The maximum absolute atomic E-state index is 4.71. The number of hydrogen-bond acceptors (Lipinski definition) is 6. The molecule has 0 amide bonds. The van der Waals surface area contributed by atoms with Gasteiger partial charge in [-0.1, -0.05) is 11.8 Å². The van der Waals surface area contributed by atoms with Gasteiger partial charge in [-0.25, -0.2) is 14.6 Å². The first-order chi connectivity index (χ1) is 12.3. The number of hydrogen-bond donors (Lipinski definition) is 2. The lowest BCUT2D eigenvalue weighted by molar-refractivity contribution is 0.397. The average Bonchev–Trinajstić information content (AvgIpc) is 3.23. The number of guanidine groups is 1. The van der Waals surface area contributed by atoms with Crippen LogP contribution >= 0.6 is 23.1 Å². The normalized spacial score (nSPS) is 17.4. The number of thioether (sulfide) groups is 1. The van der Waals surface area contributed by atoms with E-state index in [9.17, 15) is 0 Å². The molecule has 0 bridgehead atoms. The molecule has 0 radical (unpaired) electrons. The van der Waals surface area contributed by atoms with Crippen molar-refractivity contribution in [2.45, 2.75) is 50.0 Å². The zero-order chi connectivity index (χ0) is 17.5. The molecule has 1 atom stereocenters. The van der Waals surface area contributed by atoms with E-state index in [-0.39, 0.29) is 6.04 Å². The van der Waals surface area contributed by atoms with E-state index in [0.29, 0.717) is 0 Å². The first-order valence-corrected chi connectivity index (χ1v) is 10.6. The summed E-state index contributed by atoms with van der Waals surface area (Å²) in [6.45, 7) is 6.63. The largest absolute Gasteiger partial charge is 0.357 e.